The van der Waals surface area contributed by atoms with Gasteiger partial charge in [-0.2, -0.15) is 10.2 Å². The van der Waals surface area contributed by atoms with E-state index in [1.165, 1.54) is 25.3 Å². The maximum Gasteiger partial charge on any atom is 0.337 e. The molecule has 1 saturated carbocycles. The van der Waals surface area contributed by atoms with E-state index in [1.54, 1.807) is 12.1 Å². The van der Waals surface area contributed by atoms with Gasteiger partial charge in [-0.1, -0.05) is 6.07 Å². The Morgan fingerprint density at radius 1 is 1.11 bits per heavy atom. The van der Waals surface area contributed by atoms with Crippen LogP contribution in [0.5, 0.6) is 5.88 Å². The summed E-state index contributed by atoms with van der Waals surface area (Å²) >= 11 is 0. The molecule has 0 N–H and O–H groups in total. The van der Waals surface area contributed by atoms with Crippen LogP contribution in [-0.2, 0) is 22.6 Å². The molecule has 11 heteroatoms. The summed E-state index contributed by atoms with van der Waals surface area (Å²) in [6.07, 6.45) is 4.03. The second-order valence-corrected chi connectivity index (χ2v) is 11.8. The normalized spacial score (nSPS) is 20.3. The van der Waals surface area contributed by atoms with Gasteiger partial charge in [-0.05, 0) is 73.6 Å². The Balaban J connectivity index is 1.06. The highest BCUT2D eigenvalue weighted by atomic mass is 19.1. The standard InChI is InChI=1S/C33H31F2N5O4/c1-42-32(41)21-4-6-27-28(15-21)40(18-23-8-13-43-23)30(37-27)24-16-33(24)9-11-39(12-10-33)29-7-5-25(34)31(38-29)44-19-22-3-2-20(17-36)14-26(22)35/h2-7,14-15,23-24H,8-13,16,18-19H2,1H3/t23-,24?/m0/s1. The minimum atomic E-state index is -0.622. The molecule has 1 aliphatic carbocycles. The Labute approximate surface area is 253 Å². The molecule has 3 fully saturated rings. The van der Waals surface area contributed by atoms with Crippen LogP contribution in [0, 0.1) is 28.4 Å². The molecule has 2 aromatic carbocycles. The van der Waals surface area contributed by atoms with Gasteiger partial charge in [0.2, 0.25) is 0 Å². The van der Waals surface area contributed by atoms with Crippen LogP contribution >= 0.6 is 0 Å². The molecule has 2 saturated heterocycles. The van der Waals surface area contributed by atoms with E-state index in [0.29, 0.717) is 23.8 Å². The Hall–Kier alpha value is -4.56. The molecule has 1 unspecified atom stereocenters. The van der Waals surface area contributed by atoms with Crippen molar-refractivity contribution in [1.29, 1.82) is 5.26 Å². The van der Waals surface area contributed by atoms with E-state index in [9.17, 15) is 13.6 Å². The van der Waals surface area contributed by atoms with Crippen LogP contribution in [0.15, 0.2) is 48.5 Å². The molecular weight excluding hydrogens is 568 g/mol. The van der Waals surface area contributed by atoms with Crippen molar-refractivity contribution in [3.63, 3.8) is 0 Å². The summed E-state index contributed by atoms with van der Waals surface area (Å²) in [6, 6.07) is 14.4. The number of imidazole rings is 1. The summed E-state index contributed by atoms with van der Waals surface area (Å²) in [5.74, 6) is 0.174. The van der Waals surface area contributed by atoms with Gasteiger partial charge in [-0.15, -0.1) is 0 Å². The number of aromatic nitrogens is 3. The number of carbonyl (C=O) groups excluding carboxylic acids is 1. The van der Waals surface area contributed by atoms with Crippen molar-refractivity contribution in [2.75, 3.05) is 31.7 Å². The molecule has 0 amide bonds. The van der Waals surface area contributed by atoms with Crippen molar-refractivity contribution in [2.24, 2.45) is 5.41 Å². The first-order chi connectivity index (χ1) is 21.4. The van der Waals surface area contributed by atoms with Crippen LogP contribution < -0.4 is 9.64 Å². The number of carbonyl (C=O) groups is 1. The first-order valence-corrected chi connectivity index (χ1v) is 14.8. The molecular formula is C33H31F2N5O4. The number of rotatable bonds is 8. The highest BCUT2D eigenvalue weighted by molar-refractivity contribution is 5.93. The Bertz CT molecular complexity index is 1790. The molecule has 0 bridgehead atoms. The van der Waals surface area contributed by atoms with Crippen molar-refractivity contribution in [3.05, 3.63) is 82.7 Å². The van der Waals surface area contributed by atoms with Crippen molar-refractivity contribution in [3.8, 4) is 11.9 Å². The lowest BCUT2D eigenvalue weighted by atomic mass is 9.90. The van der Waals surface area contributed by atoms with Crippen molar-refractivity contribution in [2.45, 2.75) is 50.9 Å². The maximum atomic E-state index is 14.6. The second kappa shape index (κ2) is 11.2. The van der Waals surface area contributed by atoms with Crippen molar-refractivity contribution < 1.29 is 27.8 Å². The predicted molar refractivity (Wildman–Crippen MR) is 156 cm³/mol. The number of halogens is 2. The Kier molecular flexibility index (Phi) is 7.17. The third kappa shape index (κ3) is 5.13. The van der Waals surface area contributed by atoms with Crippen LogP contribution in [0.2, 0.25) is 0 Å². The van der Waals surface area contributed by atoms with Crippen LogP contribution in [0.25, 0.3) is 11.0 Å². The first kappa shape index (κ1) is 28.2. The minimum Gasteiger partial charge on any atom is -0.471 e. The zero-order chi connectivity index (χ0) is 30.4. The number of pyridine rings is 1. The molecule has 2 atom stereocenters. The van der Waals surface area contributed by atoms with E-state index >= 15 is 0 Å². The largest absolute Gasteiger partial charge is 0.471 e. The zero-order valence-electron chi connectivity index (χ0n) is 24.3. The zero-order valence-corrected chi connectivity index (χ0v) is 24.3. The molecule has 7 rings (SSSR count). The fourth-order valence-corrected chi connectivity index (χ4v) is 6.49. The number of ether oxygens (including phenoxy) is 3. The van der Waals surface area contributed by atoms with Gasteiger partial charge in [-0.3, -0.25) is 0 Å². The average molecular weight is 600 g/mol. The second-order valence-electron chi connectivity index (χ2n) is 11.8. The summed E-state index contributed by atoms with van der Waals surface area (Å²) < 4.78 is 47.4. The summed E-state index contributed by atoms with van der Waals surface area (Å²) in [5, 5.41) is 8.94. The van der Waals surface area contributed by atoms with E-state index < -0.39 is 11.6 Å². The van der Waals surface area contributed by atoms with Crippen LogP contribution in [0.4, 0.5) is 14.6 Å². The van der Waals surface area contributed by atoms with Gasteiger partial charge < -0.3 is 23.7 Å². The highest BCUT2D eigenvalue weighted by Gasteiger charge is 2.57. The molecule has 2 aliphatic heterocycles. The summed E-state index contributed by atoms with van der Waals surface area (Å²) in [7, 11) is 1.38. The summed E-state index contributed by atoms with van der Waals surface area (Å²) in [4.78, 5) is 23.8. The van der Waals surface area contributed by atoms with E-state index in [0.717, 1.165) is 68.3 Å². The van der Waals surface area contributed by atoms with Gasteiger partial charge in [-0.25, -0.2) is 18.6 Å². The van der Waals surface area contributed by atoms with Gasteiger partial charge in [0.1, 0.15) is 24.1 Å². The smallest absolute Gasteiger partial charge is 0.337 e. The number of nitrogens with zero attached hydrogens (tertiary/aromatic N) is 5. The third-order valence-electron chi connectivity index (χ3n) is 9.31. The van der Waals surface area contributed by atoms with E-state index in [2.05, 4.69) is 14.5 Å². The molecule has 2 aromatic heterocycles. The van der Waals surface area contributed by atoms with Crippen molar-refractivity contribution in [1.82, 2.24) is 14.5 Å². The van der Waals surface area contributed by atoms with Crippen LogP contribution in [0.1, 0.15) is 58.9 Å². The number of piperidine rings is 1. The molecule has 226 valence electrons. The van der Waals surface area contributed by atoms with Gasteiger partial charge in [0.15, 0.2) is 5.82 Å². The number of fused-ring (bicyclic) bond motifs is 1. The van der Waals surface area contributed by atoms with Crippen molar-refractivity contribution >= 4 is 22.8 Å². The maximum absolute atomic E-state index is 14.6. The average Bonchev–Trinajstić information content (AvgIpc) is 3.59. The quantitative estimate of drug-likeness (QED) is 0.245. The van der Waals surface area contributed by atoms with E-state index in [-0.39, 0.29) is 41.1 Å². The molecule has 1 spiro atoms. The molecule has 0 radical (unpaired) electrons. The lowest BCUT2D eigenvalue weighted by Crippen LogP contribution is -2.36. The molecule has 4 heterocycles. The lowest BCUT2D eigenvalue weighted by Gasteiger charge is -2.34. The summed E-state index contributed by atoms with van der Waals surface area (Å²) in [5.41, 5.74) is 2.81. The SMILES string of the molecule is COC(=O)c1ccc2nc(C3CC34CCN(c3ccc(F)c(OCc5ccc(C#N)cc5F)n3)CC4)n(C[C@@H]3CCO3)c2c1. The minimum absolute atomic E-state index is 0.119. The fraction of sp³-hybridized carbons (Fsp3) is 0.394. The monoisotopic (exact) mass is 599 g/mol. The lowest BCUT2D eigenvalue weighted by molar-refractivity contribution is -0.0590. The van der Waals surface area contributed by atoms with Crippen LogP contribution in [0.3, 0.4) is 0 Å². The Morgan fingerprint density at radius 2 is 1.93 bits per heavy atom. The molecule has 44 heavy (non-hydrogen) atoms. The number of benzene rings is 2. The molecule has 9 nitrogen and oxygen atoms in total. The van der Waals surface area contributed by atoms with Gasteiger partial charge >= 0.3 is 5.97 Å². The highest BCUT2D eigenvalue weighted by Crippen LogP contribution is 2.65. The van der Waals surface area contributed by atoms with E-state index in [1.807, 2.05) is 18.2 Å². The number of hydrogen-bond donors (Lipinski definition) is 0. The molecule has 3 aliphatic rings. The number of anilines is 1. The number of nitriles is 1. The number of hydrogen-bond acceptors (Lipinski definition) is 8. The predicted octanol–water partition coefficient (Wildman–Crippen LogP) is 5.51. The third-order valence-corrected chi connectivity index (χ3v) is 9.31. The van der Waals surface area contributed by atoms with Crippen LogP contribution in [-0.4, -0.2) is 53.4 Å². The van der Waals surface area contributed by atoms with E-state index in [4.69, 9.17) is 24.5 Å². The molecule has 4 aromatic rings. The van der Waals surface area contributed by atoms with Gasteiger partial charge in [0.25, 0.3) is 5.88 Å². The van der Waals surface area contributed by atoms with Gasteiger partial charge in [0.05, 0.1) is 48.0 Å². The topological polar surface area (TPSA) is 102 Å². The number of methoxy groups -OCH3 is 1. The fourth-order valence-electron chi connectivity index (χ4n) is 6.49. The van der Waals surface area contributed by atoms with Gasteiger partial charge in [0, 0.05) is 31.2 Å². The first-order valence-electron chi connectivity index (χ1n) is 14.8. The number of esters is 1. The summed E-state index contributed by atoms with van der Waals surface area (Å²) in [6.45, 7) is 2.75. The Morgan fingerprint density at radius 3 is 2.64 bits per heavy atom.